The van der Waals surface area contributed by atoms with Gasteiger partial charge in [-0.25, -0.2) is 4.79 Å². The summed E-state index contributed by atoms with van der Waals surface area (Å²) in [5.74, 6) is 1.34. The minimum Gasteiger partial charge on any atom is -0.496 e. The van der Waals surface area contributed by atoms with Gasteiger partial charge >= 0.3 is 11.9 Å². The lowest BCUT2D eigenvalue weighted by Crippen LogP contribution is -2.03. The second-order valence-electron chi connectivity index (χ2n) is 6.62. The van der Waals surface area contributed by atoms with Gasteiger partial charge in [0.1, 0.15) is 11.5 Å². The Morgan fingerprint density at radius 2 is 1.52 bits per heavy atom. The SMILES string of the molecule is COC(=O)/C=C/c1ccc(Br)c(OC)c1.COC(=O)C1CC1c1ccc(Br)c(OC)c1. The van der Waals surface area contributed by atoms with E-state index in [1.165, 1.54) is 20.3 Å². The minimum absolute atomic E-state index is 0.0240. The van der Waals surface area contributed by atoms with Crippen molar-refractivity contribution < 1.29 is 28.5 Å². The van der Waals surface area contributed by atoms with Crippen LogP contribution in [0, 0.1) is 5.92 Å². The van der Waals surface area contributed by atoms with Gasteiger partial charge in [0.05, 0.1) is 43.3 Å². The number of ether oxygens (including phenoxy) is 4. The first-order chi connectivity index (χ1) is 14.8. The summed E-state index contributed by atoms with van der Waals surface area (Å²) in [5, 5.41) is 0. The summed E-state index contributed by atoms with van der Waals surface area (Å²) < 4.78 is 21.4. The highest BCUT2D eigenvalue weighted by molar-refractivity contribution is 9.10. The molecule has 0 aromatic heterocycles. The van der Waals surface area contributed by atoms with Crippen molar-refractivity contribution in [2.75, 3.05) is 28.4 Å². The molecule has 0 amide bonds. The molecule has 8 heteroatoms. The number of hydrogen-bond acceptors (Lipinski definition) is 6. The third-order valence-electron chi connectivity index (χ3n) is 4.69. The number of hydrogen-bond donors (Lipinski definition) is 0. The molecule has 166 valence electrons. The molecule has 0 radical (unpaired) electrons. The maximum absolute atomic E-state index is 11.3. The van der Waals surface area contributed by atoms with Crippen LogP contribution in [0.1, 0.15) is 23.5 Å². The average Bonchev–Trinajstić information content (AvgIpc) is 3.59. The van der Waals surface area contributed by atoms with E-state index < -0.39 is 0 Å². The zero-order valence-corrected chi connectivity index (χ0v) is 20.9. The Kier molecular flexibility index (Phi) is 9.58. The highest BCUT2D eigenvalue weighted by Crippen LogP contribution is 2.49. The van der Waals surface area contributed by atoms with E-state index in [0.29, 0.717) is 0 Å². The van der Waals surface area contributed by atoms with Crippen molar-refractivity contribution in [3.63, 3.8) is 0 Å². The van der Waals surface area contributed by atoms with E-state index in [9.17, 15) is 9.59 Å². The predicted octanol–water partition coefficient (Wildman–Crippen LogP) is 5.38. The molecule has 0 saturated heterocycles. The van der Waals surface area contributed by atoms with E-state index in [1.807, 2.05) is 36.4 Å². The summed E-state index contributed by atoms with van der Waals surface area (Å²) in [5.41, 5.74) is 2.01. The molecule has 0 spiro atoms. The number of benzene rings is 2. The lowest BCUT2D eigenvalue weighted by Gasteiger charge is -2.06. The highest BCUT2D eigenvalue weighted by atomic mass is 79.9. The average molecular weight is 556 g/mol. The molecule has 0 bridgehead atoms. The molecule has 1 saturated carbocycles. The van der Waals surface area contributed by atoms with Gasteiger partial charge in [0.2, 0.25) is 0 Å². The third-order valence-corrected chi connectivity index (χ3v) is 6.00. The maximum Gasteiger partial charge on any atom is 0.330 e. The molecule has 2 atom stereocenters. The van der Waals surface area contributed by atoms with Crippen LogP contribution in [-0.4, -0.2) is 40.4 Å². The largest absolute Gasteiger partial charge is 0.496 e. The van der Waals surface area contributed by atoms with Crippen LogP contribution >= 0.6 is 31.9 Å². The fourth-order valence-electron chi connectivity index (χ4n) is 2.89. The molecule has 0 heterocycles. The predicted molar refractivity (Wildman–Crippen MR) is 125 cm³/mol. The van der Waals surface area contributed by atoms with E-state index >= 15 is 0 Å². The molecular formula is C23H24Br2O6. The summed E-state index contributed by atoms with van der Waals surface area (Å²) in [6.45, 7) is 0. The maximum atomic E-state index is 11.3. The smallest absolute Gasteiger partial charge is 0.330 e. The number of carbonyl (C=O) groups excluding carboxylic acids is 2. The molecule has 1 aliphatic carbocycles. The number of carbonyl (C=O) groups is 2. The van der Waals surface area contributed by atoms with Crippen molar-refractivity contribution >= 4 is 49.9 Å². The fraction of sp³-hybridized carbons (Fsp3) is 0.304. The van der Waals surface area contributed by atoms with Crippen LogP contribution in [0.25, 0.3) is 6.08 Å². The van der Waals surface area contributed by atoms with Crippen LogP contribution in [0.15, 0.2) is 51.4 Å². The molecule has 2 unspecified atom stereocenters. The van der Waals surface area contributed by atoms with Crippen molar-refractivity contribution in [2.24, 2.45) is 5.92 Å². The Labute approximate surface area is 198 Å². The quantitative estimate of drug-likeness (QED) is 0.352. The Morgan fingerprint density at radius 3 is 2.10 bits per heavy atom. The Morgan fingerprint density at radius 1 is 0.903 bits per heavy atom. The molecule has 2 aromatic carbocycles. The van der Waals surface area contributed by atoms with Gasteiger partial charge in [-0.05, 0) is 85.7 Å². The molecule has 6 nitrogen and oxygen atoms in total. The van der Waals surface area contributed by atoms with Crippen molar-refractivity contribution in [1.29, 1.82) is 0 Å². The van der Waals surface area contributed by atoms with Gasteiger partial charge in [0.25, 0.3) is 0 Å². The zero-order valence-electron chi connectivity index (χ0n) is 17.7. The number of esters is 2. The molecule has 1 fully saturated rings. The number of halogens is 2. The standard InChI is InChI=1S/C12H13BrO3.C11H11BrO3/c1-15-11-5-7(3-4-10(11)13)8-6-9(8)12(14)16-2;1-14-10-7-8(3-5-9(10)12)4-6-11(13)15-2/h3-5,8-9H,6H2,1-2H3;3-7H,1-2H3/b;6-4+. The van der Waals surface area contributed by atoms with Gasteiger partial charge in [-0.15, -0.1) is 0 Å². The first-order valence-electron chi connectivity index (χ1n) is 9.35. The van der Waals surface area contributed by atoms with Crippen LogP contribution in [0.3, 0.4) is 0 Å². The summed E-state index contributed by atoms with van der Waals surface area (Å²) in [6.07, 6.45) is 3.90. The second-order valence-corrected chi connectivity index (χ2v) is 8.32. The normalized spacial score (nSPS) is 16.7. The van der Waals surface area contributed by atoms with Gasteiger partial charge in [0, 0.05) is 6.08 Å². The first-order valence-corrected chi connectivity index (χ1v) is 10.9. The van der Waals surface area contributed by atoms with Crippen LogP contribution in [0.4, 0.5) is 0 Å². The number of rotatable bonds is 6. The van der Waals surface area contributed by atoms with E-state index in [-0.39, 0.29) is 23.8 Å². The van der Waals surface area contributed by atoms with Gasteiger partial charge in [-0.2, -0.15) is 0 Å². The molecule has 3 rings (SSSR count). The minimum atomic E-state index is -0.378. The third kappa shape index (κ3) is 7.11. The lowest BCUT2D eigenvalue weighted by molar-refractivity contribution is -0.142. The molecule has 1 aliphatic rings. The van der Waals surface area contributed by atoms with Crippen molar-refractivity contribution in [2.45, 2.75) is 12.3 Å². The van der Waals surface area contributed by atoms with Gasteiger partial charge in [-0.1, -0.05) is 12.1 Å². The fourth-order valence-corrected chi connectivity index (χ4v) is 3.71. The monoisotopic (exact) mass is 554 g/mol. The van der Waals surface area contributed by atoms with E-state index in [2.05, 4.69) is 36.6 Å². The Balaban J connectivity index is 0.000000221. The summed E-state index contributed by atoms with van der Waals surface area (Å²) in [4.78, 5) is 22.2. The first kappa shape index (κ1) is 24.9. The van der Waals surface area contributed by atoms with Crippen LogP contribution in [-0.2, 0) is 19.1 Å². The molecule has 0 aliphatic heterocycles. The molecule has 0 N–H and O–H groups in total. The van der Waals surface area contributed by atoms with Crippen LogP contribution in [0.2, 0.25) is 0 Å². The highest BCUT2D eigenvalue weighted by Gasteiger charge is 2.45. The Bertz CT molecular complexity index is 957. The molecule has 2 aromatic rings. The molecule has 31 heavy (non-hydrogen) atoms. The van der Waals surface area contributed by atoms with Gasteiger partial charge < -0.3 is 18.9 Å². The van der Waals surface area contributed by atoms with Crippen molar-refractivity contribution in [3.8, 4) is 11.5 Å². The van der Waals surface area contributed by atoms with Gasteiger partial charge in [-0.3, -0.25) is 4.79 Å². The molecular weight excluding hydrogens is 532 g/mol. The van der Waals surface area contributed by atoms with Gasteiger partial charge in [0.15, 0.2) is 0 Å². The lowest BCUT2D eigenvalue weighted by atomic mass is 10.1. The Hall–Kier alpha value is -2.32. The summed E-state index contributed by atoms with van der Waals surface area (Å²) in [6, 6.07) is 11.5. The van der Waals surface area contributed by atoms with E-state index in [4.69, 9.17) is 14.2 Å². The van der Waals surface area contributed by atoms with E-state index in [1.54, 1.807) is 20.3 Å². The summed E-state index contributed by atoms with van der Waals surface area (Å²) >= 11 is 6.74. The van der Waals surface area contributed by atoms with Crippen LogP contribution in [0.5, 0.6) is 11.5 Å². The van der Waals surface area contributed by atoms with E-state index in [0.717, 1.165) is 38.0 Å². The van der Waals surface area contributed by atoms with Crippen molar-refractivity contribution in [3.05, 3.63) is 62.5 Å². The second kappa shape index (κ2) is 11.9. The topological polar surface area (TPSA) is 71.1 Å². The van der Waals surface area contributed by atoms with Crippen molar-refractivity contribution in [1.82, 2.24) is 0 Å². The van der Waals surface area contributed by atoms with Crippen LogP contribution < -0.4 is 9.47 Å². The summed E-state index contributed by atoms with van der Waals surface area (Å²) in [7, 11) is 6.00. The zero-order chi connectivity index (χ0) is 23.0. The number of methoxy groups -OCH3 is 4.